The Hall–Kier alpha value is -2.32. The molecule has 0 spiro atoms. The first-order chi connectivity index (χ1) is 14.8. The van der Waals surface area contributed by atoms with Crippen molar-refractivity contribution in [3.63, 3.8) is 0 Å². The van der Waals surface area contributed by atoms with Gasteiger partial charge >= 0.3 is 0 Å². The molecule has 2 atom stereocenters. The van der Waals surface area contributed by atoms with Crippen molar-refractivity contribution in [3.8, 4) is 11.1 Å². The second kappa shape index (κ2) is 8.67. The van der Waals surface area contributed by atoms with E-state index in [0.717, 1.165) is 11.8 Å². The molecule has 0 radical (unpaired) electrons. The Morgan fingerprint density at radius 1 is 1.13 bits per heavy atom. The summed E-state index contributed by atoms with van der Waals surface area (Å²) in [4.78, 5) is 14.3. The third kappa shape index (κ3) is 4.50. The summed E-state index contributed by atoms with van der Waals surface area (Å²) in [5.74, 6) is -0.654. The highest BCUT2D eigenvalue weighted by atomic mass is 32.2. The second-order valence-electron chi connectivity index (χ2n) is 8.46. The zero-order valence-electron chi connectivity index (χ0n) is 17.3. The zero-order valence-corrected chi connectivity index (χ0v) is 18.1. The molecule has 166 valence electrons. The number of halogens is 2. The van der Waals surface area contributed by atoms with Crippen LogP contribution in [0.5, 0.6) is 0 Å². The van der Waals surface area contributed by atoms with Crippen molar-refractivity contribution >= 4 is 15.9 Å². The minimum absolute atomic E-state index is 0.0490. The van der Waals surface area contributed by atoms with E-state index in [2.05, 4.69) is 4.72 Å². The van der Waals surface area contributed by atoms with Crippen molar-refractivity contribution < 1.29 is 22.0 Å². The van der Waals surface area contributed by atoms with E-state index in [9.17, 15) is 17.6 Å². The van der Waals surface area contributed by atoms with Crippen LogP contribution in [-0.4, -0.2) is 50.3 Å². The van der Waals surface area contributed by atoms with Gasteiger partial charge < -0.3 is 4.90 Å². The van der Waals surface area contributed by atoms with Crippen LogP contribution in [0.3, 0.4) is 0 Å². The molecule has 0 unspecified atom stereocenters. The fourth-order valence-electron chi connectivity index (χ4n) is 4.96. The molecule has 3 fully saturated rings. The first kappa shape index (κ1) is 21.9. The highest BCUT2D eigenvalue weighted by Gasteiger charge is 2.52. The van der Waals surface area contributed by atoms with Crippen LogP contribution in [0.25, 0.3) is 11.1 Å². The molecule has 2 heterocycles. The van der Waals surface area contributed by atoms with Crippen LogP contribution in [0.15, 0.2) is 48.5 Å². The average Bonchev–Trinajstić information content (AvgIpc) is 2.69. The minimum atomic E-state index is -3.54. The highest BCUT2D eigenvalue weighted by molar-refractivity contribution is 7.88. The molecule has 0 aromatic heterocycles. The number of hydrogen-bond donors (Lipinski definition) is 1. The summed E-state index contributed by atoms with van der Waals surface area (Å²) in [6.07, 6.45) is 2.34. The van der Waals surface area contributed by atoms with Gasteiger partial charge in [-0.25, -0.2) is 17.5 Å². The molecule has 31 heavy (non-hydrogen) atoms. The van der Waals surface area contributed by atoms with E-state index in [1.165, 1.54) is 0 Å². The van der Waals surface area contributed by atoms with E-state index in [1.54, 1.807) is 23.1 Å². The van der Waals surface area contributed by atoms with Gasteiger partial charge in [0.1, 0.15) is 5.82 Å². The SMILES string of the molecule is CS(=O)(=O)N[C@H]1C2CC(C2)N(C(=O)CCF)[C@H]1Cc1cccc(-c2ccccc2)c1F. The maximum absolute atomic E-state index is 15.5. The first-order valence-electron chi connectivity index (χ1n) is 10.5. The first-order valence-corrected chi connectivity index (χ1v) is 12.3. The number of fused-ring (bicyclic) bond motifs is 2. The number of nitrogens with one attached hydrogen (secondary N) is 1. The van der Waals surface area contributed by atoms with Gasteiger partial charge in [0.25, 0.3) is 0 Å². The van der Waals surface area contributed by atoms with Crippen molar-refractivity contribution in [2.24, 2.45) is 5.92 Å². The van der Waals surface area contributed by atoms with Crippen molar-refractivity contribution in [2.45, 2.75) is 43.8 Å². The molecule has 2 aromatic rings. The molecule has 2 saturated heterocycles. The fourth-order valence-corrected chi connectivity index (χ4v) is 5.80. The van der Waals surface area contributed by atoms with E-state index in [1.807, 2.05) is 30.3 Å². The van der Waals surface area contributed by atoms with Crippen molar-refractivity contribution in [1.82, 2.24) is 9.62 Å². The zero-order chi connectivity index (χ0) is 22.2. The van der Waals surface area contributed by atoms with Crippen molar-refractivity contribution in [1.29, 1.82) is 0 Å². The topological polar surface area (TPSA) is 66.5 Å². The number of rotatable bonds is 7. The lowest BCUT2D eigenvalue weighted by Gasteiger charge is -2.58. The number of benzene rings is 2. The summed E-state index contributed by atoms with van der Waals surface area (Å²) >= 11 is 0. The van der Waals surface area contributed by atoms with E-state index >= 15 is 4.39 Å². The summed E-state index contributed by atoms with van der Waals surface area (Å²) in [6, 6.07) is 13.2. The van der Waals surface area contributed by atoms with Gasteiger partial charge in [-0.15, -0.1) is 0 Å². The molecule has 2 aromatic carbocycles. The number of amides is 1. The summed E-state index contributed by atoms with van der Waals surface area (Å²) in [5.41, 5.74) is 1.60. The van der Waals surface area contributed by atoms with Gasteiger partial charge in [-0.1, -0.05) is 48.5 Å². The number of carbonyl (C=O) groups excluding carboxylic acids is 1. The Morgan fingerprint density at radius 2 is 1.84 bits per heavy atom. The second-order valence-corrected chi connectivity index (χ2v) is 10.2. The number of alkyl halides is 1. The standard InChI is InChI=1S/C23H26F2N2O3S/c1-31(29,30)26-23-17-12-18(13-17)27(21(28)10-11-24)20(23)14-16-8-5-9-19(22(16)25)15-6-3-2-4-7-15/h2-9,17-18,20,23,26H,10-14H2,1H3/t17?,18?,20-,23-/m0/s1. The van der Waals surface area contributed by atoms with E-state index in [4.69, 9.17) is 0 Å². The van der Waals surface area contributed by atoms with Gasteiger partial charge in [0.15, 0.2) is 0 Å². The monoisotopic (exact) mass is 448 g/mol. The quantitative estimate of drug-likeness (QED) is 0.707. The molecule has 2 bridgehead atoms. The van der Waals surface area contributed by atoms with Gasteiger partial charge in [-0.2, -0.15) is 0 Å². The average molecular weight is 449 g/mol. The summed E-state index contributed by atoms with van der Waals surface area (Å²) < 4.78 is 55.1. The minimum Gasteiger partial charge on any atom is -0.335 e. The third-order valence-electron chi connectivity index (χ3n) is 6.36. The number of hydrogen-bond acceptors (Lipinski definition) is 3. The van der Waals surface area contributed by atoms with E-state index < -0.39 is 28.8 Å². The molecular weight excluding hydrogens is 422 g/mol. The van der Waals surface area contributed by atoms with Crippen LogP contribution in [-0.2, 0) is 21.2 Å². The third-order valence-corrected chi connectivity index (χ3v) is 7.06. The van der Waals surface area contributed by atoms with Gasteiger partial charge in [0.2, 0.25) is 15.9 Å². The normalized spacial score (nSPS) is 25.2. The largest absolute Gasteiger partial charge is 0.335 e. The Bertz CT molecular complexity index is 1060. The highest BCUT2D eigenvalue weighted by Crippen LogP contribution is 2.44. The molecule has 2 aliphatic heterocycles. The lowest BCUT2D eigenvalue weighted by atomic mass is 9.66. The van der Waals surface area contributed by atoms with Crippen LogP contribution in [0.2, 0.25) is 0 Å². The number of sulfonamides is 1. The molecule has 1 amide bonds. The predicted molar refractivity (Wildman–Crippen MR) is 115 cm³/mol. The lowest BCUT2D eigenvalue weighted by molar-refractivity contribution is -0.149. The lowest BCUT2D eigenvalue weighted by Crippen LogP contribution is -2.70. The Kier molecular flexibility index (Phi) is 6.12. The van der Waals surface area contributed by atoms with Gasteiger partial charge in [0.05, 0.1) is 25.4 Å². The maximum atomic E-state index is 15.5. The van der Waals surface area contributed by atoms with Gasteiger partial charge in [0, 0.05) is 17.6 Å². The number of piperidine rings is 2. The van der Waals surface area contributed by atoms with Crippen molar-refractivity contribution in [2.75, 3.05) is 12.9 Å². The molecule has 5 nitrogen and oxygen atoms in total. The van der Waals surface area contributed by atoms with Crippen LogP contribution < -0.4 is 4.72 Å². The van der Waals surface area contributed by atoms with E-state index in [0.29, 0.717) is 24.0 Å². The van der Waals surface area contributed by atoms with Gasteiger partial charge in [-0.05, 0) is 36.3 Å². The fraction of sp³-hybridized carbons (Fsp3) is 0.435. The Morgan fingerprint density at radius 3 is 2.48 bits per heavy atom. The predicted octanol–water partition coefficient (Wildman–Crippen LogP) is 3.30. The maximum Gasteiger partial charge on any atom is 0.225 e. The molecule has 1 N–H and O–H groups in total. The number of nitrogens with zero attached hydrogens (tertiary/aromatic N) is 1. The molecule has 1 aliphatic carbocycles. The molecule has 8 heteroatoms. The van der Waals surface area contributed by atoms with Gasteiger partial charge in [-0.3, -0.25) is 9.18 Å². The smallest absolute Gasteiger partial charge is 0.225 e. The van der Waals surface area contributed by atoms with E-state index in [-0.39, 0.29) is 36.5 Å². The number of carbonyl (C=O) groups is 1. The summed E-state index contributed by atoms with van der Waals surface area (Å²) in [6.45, 7) is -0.778. The Labute approximate surface area is 181 Å². The van der Waals surface area contributed by atoms with Crippen LogP contribution in [0, 0.1) is 11.7 Å². The summed E-state index contributed by atoms with van der Waals surface area (Å²) in [7, 11) is -3.54. The summed E-state index contributed by atoms with van der Waals surface area (Å²) in [5, 5.41) is 0. The molecular formula is C23H26F2N2O3S. The van der Waals surface area contributed by atoms with Crippen LogP contribution >= 0.6 is 0 Å². The molecule has 3 aliphatic rings. The van der Waals surface area contributed by atoms with Crippen LogP contribution in [0.4, 0.5) is 8.78 Å². The molecule has 5 rings (SSSR count). The van der Waals surface area contributed by atoms with Crippen LogP contribution in [0.1, 0.15) is 24.8 Å². The van der Waals surface area contributed by atoms with Crippen molar-refractivity contribution in [3.05, 3.63) is 59.9 Å². The molecule has 1 saturated carbocycles. The Balaban J connectivity index is 1.70.